The lowest BCUT2D eigenvalue weighted by Gasteiger charge is -2.21. The summed E-state index contributed by atoms with van der Waals surface area (Å²) in [5, 5.41) is 6.52. The number of benzene rings is 8. The number of carbonyl (C=O) groups excluding carboxylic acids is 5. The standard InChI is InChI=1S/C16H18O2Si.C15H15O2Si.C14H12O2Si.C11H15O2Si.C9H10O2Si/c1-18-14-10-7-11-15(12-14)19(2,3)16(17)13-8-5-4-6-9-13;1-17-13-9-6-10-14(11-13)18(2)15(16)12-7-4-3-5-8-12;1-16-12-8-5-9-13(10-12)17-14(15)11-6-3-2-4-7-11;1-4-11(12)14(3)10-7-5-6-9(8-10)13-2;1-7(10)12-9-5-3-4-8(6-9)11-2/h4-12H,1-3H3;3-11H,1-2H3;2-10H,1H3;5-8H,4H2,1-3H3;3-6H,1-2H3. The molecule has 0 fully saturated rings. The Kier molecular flexibility index (Phi) is 27.7. The minimum atomic E-state index is -2.19. The van der Waals surface area contributed by atoms with E-state index < -0.39 is 25.7 Å². The summed E-state index contributed by atoms with van der Waals surface area (Å²) in [6.45, 7) is 11.7. The van der Waals surface area contributed by atoms with Crippen LogP contribution in [0, 0.1) is 0 Å². The van der Waals surface area contributed by atoms with Gasteiger partial charge in [0.1, 0.15) is 55.8 Å². The molecule has 8 rings (SSSR count). The number of methoxy groups -OCH3 is 5. The highest BCUT2D eigenvalue weighted by Crippen LogP contribution is 2.17. The van der Waals surface area contributed by atoms with Crippen LogP contribution in [0.15, 0.2) is 212 Å². The zero-order valence-corrected chi connectivity index (χ0v) is 52.5. The molecule has 8 aromatic carbocycles. The molecule has 0 N–H and O–H groups in total. The Morgan fingerprint density at radius 3 is 1.24 bits per heavy atom. The molecule has 0 atom stereocenters. The molecule has 6 radical (unpaired) electrons. The molecular weight excluding hydrogens is 1080 g/mol. The van der Waals surface area contributed by atoms with Gasteiger partial charge < -0.3 is 38.1 Å². The molecule has 15 heteroatoms. The first-order valence-electron chi connectivity index (χ1n) is 25.7. The van der Waals surface area contributed by atoms with Gasteiger partial charge in [0.15, 0.2) is 44.7 Å². The van der Waals surface area contributed by atoms with Gasteiger partial charge >= 0.3 is 0 Å². The summed E-state index contributed by atoms with van der Waals surface area (Å²) in [5.74, 6) is 4.03. The lowest BCUT2D eigenvalue weighted by Crippen LogP contribution is -2.49. The molecule has 0 amide bonds. The highest BCUT2D eigenvalue weighted by Gasteiger charge is 2.33. The first-order valence-corrected chi connectivity index (χ1v) is 34.7. The normalized spacial score (nSPS) is 10.3. The minimum Gasteiger partial charge on any atom is -0.497 e. The summed E-state index contributed by atoms with van der Waals surface area (Å²) in [6.07, 6.45) is 0.627. The Morgan fingerprint density at radius 1 is 0.425 bits per heavy atom. The van der Waals surface area contributed by atoms with Crippen molar-refractivity contribution in [3.05, 3.63) is 229 Å². The lowest BCUT2D eigenvalue weighted by atomic mass is 10.2. The second kappa shape index (κ2) is 34.3. The van der Waals surface area contributed by atoms with Crippen molar-refractivity contribution in [3.63, 3.8) is 0 Å². The van der Waals surface area contributed by atoms with Crippen LogP contribution in [0.2, 0.25) is 26.2 Å². The van der Waals surface area contributed by atoms with Gasteiger partial charge in [-0.25, -0.2) is 0 Å². The fourth-order valence-electron chi connectivity index (χ4n) is 7.57. The largest absolute Gasteiger partial charge is 0.497 e. The lowest BCUT2D eigenvalue weighted by molar-refractivity contribution is -0.112. The van der Waals surface area contributed by atoms with Crippen LogP contribution in [0.5, 0.6) is 28.7 Å². The molecule has 0 unspecified atom stereocenters. The summed E-state index contributed by atoms with van der Waals surface area (Å²) in [4.78, 5) is 59.3. The fraction of sp³-hybridized carbons (Fsp3) is 0.185. The molecule has 0 aliphatic heterocycles. The molecule has 0 heterocycles. The van der Waals surface area contributed by atoms with Crippen molar-refractivity contribution in [1.82, 2.24) is 0 Å². The van der Waals surface area contributed by atoms with Crippen LogP contribution < -0.4 is 49.6 Å². The first-order chi connectivity index (χ1) is 38.5. The molecule has 0 saturated heterocycles. The average Bonchev–Trinajstić information content (AvgIpc) is 3.51. The van der Waals surface area contributed by atoms with Crippen molar-refractivity contribution < 1.29 is 47.7 Å². The van der Waals surface area contributed by atoms with E-state index in [9.17, 15) is 24.0 Å². The van der Waals surface area contributed by atoms with E-state index >= 15 is 0 Å². The minimum absolute atomic E-state index is 0.136. The van der Waals surface area contributed by atoms with Crippen LogP contribution in [-0.2, 0) is 9.59 Å². The van der Waals surface area contributed by atoms with Gasteiger partial charge in [0, 0.05) is 16.7 Å². The number of carbonyl (C=O) groups is 5. The van der Waals surface area contributed by atoms with Crippen molar-refractivity contribution in [3.8, 4) is 28.7 Å². The molecule has 10 nitrogen and oxygen atoms in total. The van der Waals surface area contributed by atoms with E-state index in [1.807, 2.05) is 232 Å². The van der Waals surface area contributed by atoms with Gasteiger partial charge in [0.2, 0.25) is 0 Å². The Labute approximate surface area is 482 Å². The van der Waals surface area contributed by atoms with E-state index in [0.29, 0.717) is 11.8 Å². The van der Waals surface area contributed by atoms with Crippen LogP contribution >= 0.6 is 0 Å². The predicted molar refractivity (Wildman–Crippen MR) is 334 cm³/mol. The van der Waals surface area contributed by atoms with Gasteiger partial charge in [-0.2, -0.15) is 0 Å². The van der Waals surface area contributed by atoms with E-state index in [2.05, 4.69) is 13.1 Å². The molecule has 80 heavy (non-hydrogen) atoms. The Bertz CT molecular complexity index is 3210. The molecular formula is C65H70O10Si5. The van der Waals surface area contributed by atoms with Crippen molar-refractivity contribution in [2.45, 2.75) is 46.5 Å². The van der Waals surface area contributed by atoms with Crippen LogP contribution in [0.1, 0.15) is 51.3 Å². The molecule has 0 spiro atoms. The molecule has 0 bridgehead atoms. The van der Waals surface area contributed by atoms with Crippen LogP contribution in [0.4, 0.5) is 0 Å². The van der Waals surface area contributed by atoms with Gasteiger partial charge in [-0.3, -0.25) is 9.59 Å². The molecule has 410 valence electrons. The van der Waals surface area contributed by atoms with Crippen molar-refractivity contribution in [1.29, 1.82) is 0 Å². The van der Waals surface area contributed by atoms with Gasteiger partial charge in [-0.05, 0) is 89.6 Å². The highest BCUT2D eigenvalue weighted by atomic mass is 28.3. The first kappa shape index (κ1) is 64.7. The maximum atomic E-state index is 12.7. The third kappa shape index (κ3) is 21.1. The number of hydrogen-bond acceptors (Lipinski definition) is 10. The number of rotatable bonds is 19. The van der Waals surface area contributed by atoms with Crippen LogP contribution in [0.3, 0.4) is 0 Å². The SMILES string of the molecule is CCC(=O)[Si](C)c1cccc(OC)c1.COc1cccc([Si](C)(C)C(=O)c2ccccc2)c1.COc1cccc([Si](C)C(=O)c2ccccc2)c1.COc1cccc([Si]C(=O)c2ccccc2)c1.COc1cccc([Si]C(C)=O)c1. The van der Waals surface area contributed by atoms with Crippen molar-refractivity contribution in [2.75, 3.05) is 35.5 Å². The smallest absolute Gasteiger partial charge is 0.179 e. The average molecular weight is 1150 g/mol. The molecule has 0 aromatic heterocycles. The van der Waals surface area contributed by atoms with E-state index in [1.54, 1.807) is 42.5 Å². The monoisotopic (exact) mass is 1150 g/mol. The third-order valence-corrected chi connectivity index (χ3v) is 22.0. The number of ether oxygens (including phenoxy) is 5. The van der Waals surface area contributed by atoms with E-state index in [4.69, 9.17) is 23.7 Å². The van der Waals surface area contributed by atoms with Gasteiger partial charge in [-0.15, -0.1) is 0 Å². The quantitative estimate of drug-likeness (QED) is 0.0722. The predicted octanol–water partition coefficient (Wildman–Crippen LogP) is 9.46. The Balaban J connectivity index is 0.000000217. The van der Waals surface area contributed by atoms with Gasteiger partial charge in [0.25, 0.3) is 0 Å². The molecule has 0 saturated carbocycles. The summed E-state index contributed by atoms with van der Waals surface area (Å²) in [7, 11) is 4.07. The Morgan fingerprint density at radius 2 is 0.800 bits per heavy atom. The van der Waals surface area contributed by atoms with E-state index in [0.717, 1.165) is 71.4 Å². The van der Waals surface area contributed by atoms with E-state index in [1.165, 1.54) is 0 Å². The number of hydrogen-bond donors (Lipinski definition) is 0. The summed E-state index contributed by atoms with van der Waals surface area (Å²) in [5.41, 5.74) is 2.34. The van der Waals surface area contributed by atoms with Gasteiger partial charge in [-0.1, -0.05) is 195 Å². The van der Waals surface area contributed by atoms with Crippen LogP contribution in [-0.4, -0.2) is 107 Å². The Hall–Kier alpha value is -7.81. The second-order valence-corrected chi connectivity index (χ2v) is 30.0. The molecule has 8 aromatic rings. The molecule has 0 aliphatic rings. The topological polar surface area (TPSA) is 132 Å². The highest BCUT2D eigenvalue weighted by molar-refractivity contribution is 7.14. The summed E-state index contributed by atoms with van der Waals surface area (Å²) < 4.78 is 25.7. The van der Waals surface area contributed by atoms with Crippen molar-refractivity contribution >= 4 is 97.7 Å². The van der Waals surface area contributed by atoms with Gasteiger partial charge in [0.05, 0.1) is 35.5 Å². The summed E-state index contributed by atoms with van der Waals surface area (Å²) >= 11 is 0. The van der Waals surface area contributed by atoms with E-state index in [-0.39, 0.29) is 40.7 Å². The fourth-order valence-corrected chi connectivity index (χ4v) is 14.6. The summed E-state index contributed by atoms with van der Waals surface area (Å²) in [6, 6.07) is 67.0. The maximum absolute atomic E-state index is 12.7. The van der Waals surface area contributed by atoms with Crippen molar-refractivity contribution in [2.24, 2.45) is 0 Å². The third-order valence-electron chi connectivity index (χ3n) is 12.3. The molecule has 0 aliphatic carbocycles. The zero-order chi connectivity index (χ0) is 58.5. The second-order valence-electron chi connectivity index (χ2n) is 18.2. The van der Waals surface area contributed by atoms with Crippen LogP contribution in [0.25, 0.3) is 0 Å². The zero-order valence-electron chi connectivity index (χ0n) is 47.5. The maximum Gasteiger partial charge on any atom is 0.179 e.